The highest BCUT2D eigenvalue weighted by atomic mass is 35.5. The summed E-state index contributed by atoms with van der Waals surface area (Å²) in [5.41, 5.74) is 0. The molecule has 1 aromatic rings. The SMILES string of the molecule is CCCCN(C)C(=O)N[C@@]1(C(F)(F)F)Oc2ccc(Cl)cc2O1. The molecule has 23 heavy (non-hydrogen) atoms. The molecule has 2 amide bonds. The van der Waals surface area contributed by atoms with Crippen LogP contribution in [0.5, 0.6) is 11.5 Å². The largest absolute Gasteiger partial charge is 0.492 e. The Bertz CT molecular complexity index is 597. The van der Waals surface area contributed by atoms with Crippen molar-refractivity contribution in [3.05, 3.63) is 23.2 Å². The second-order valence-corrected chi connectivity index (χ2v) is 5.55. The lowest BCUT2D eigenvalue weighted by Gasteiger charge is -2.31. The number of carbonyl (C=O) groups excluding carboxylic acids is 1. The van der Waals surface area contributed by atoms with Crippen LogP contribution in [0.25, 0.3) is 0 Å². The normalized spacial score (nSPS) is 19.6. The Morgan fingerprint density at radius 3 is 2.61 bits per heavy atom. The zero-order valence-electron chi connectivity index (χ0n) is 12.5. The van der Waals surface area contributed by atoms with E-state index in [1.54, 1.807) is 5.32 Å². The lowest BCUT2D eigenvalue weighted by atomic mass is 10.3. The van der Waals surface area contributed by atoms with Crippen LogP contribution < -0.4 is 14.8 Å². The summed E-state index contributed by atoms with van der Waals surface area (Å²) in [6.07, 6.45) is -3.51. The van der Waals surface area contributed by atoms with Crippen molar-refractivity contribution < 1.29 is 27.4 Å². The molecule has 1 N–H and O–H groups in total. The molecular weight excluding hydrogens is 337 g/mol. The maximum absolute atomic E-state index is 13.4. The van der Waals surface area contributed by atoms with Crippen molar-refractivity contribution in [1.82, 2.24) is 10.2 Å². The summed E-state index contributed by atoms with van der Waals surface area (Å²) >= 11 is 5.73. The van der Waals surface area contributed by atoms with Crippen molar-refractivity contribution in [2.24, 2.45) is 0 Å². The highest BCUT2D eigenvalue weighted by Crippen LogP contribution is 2.46. The summed E-state index contributed by atoms with van der Waals surface area (Å²) in [5, 5.41) is 1.97. The van der Waals surface area contributed by atoms with Crippen molar-refractivity contribution in [1.29, 1.82) is 0 Å². The number of nitrogens with zero attached hydrogens (tertiary/aromatic N) is 1. The lowest BCUT2D eigenvalue weighted by molar-refractivity contribution is -0.318. The Morgan fingerprint density at radius 2 is 2.00 bits per heavy atom. The molecule has 0 aliphatic carbocycles. The van der Waals surface area contributed by atoms with Crippen LogP contribution in [-0.2, 0) is 0 Å². The number of unbranched alkanes of at least 4 members (excludes halogenated alkanes) is 1. The van der Waals surface area contributed by atoms with Crippen LogP contribution in [0.2, 0.25) is 5.02 Å². The zero-order valence-corrected chi connectivity index (χ0v) is 13.3. The number of halogens is 4. The number of amides is 2. The number of alkyl halides is 3. The smallest absolute Gasteiger partial charge is 0.424 e. The molecule has 0 aromatic heterocycles. The fourth-order valence-corrected chi connectivity index (χ4v) is 2.11. The fourth-order valence-electron chi connectivity index (χ4n) is 1.95. The van der Waals surface area contributed by atoms with Gasteiger partial charge < -0.3 is 14.4 Å². The Labute approximate surface area is 136 Å². The van der Waals surface area contributed by atoms with Gasteiger partial charge in [-0.05, 0) is 18.6 Å². The third-order valence-electron chi connectivity index (χ3n) is 3.25. The molecule has 5 nitrogen and oxygen atoms in total. The Morgan fingerprint density at radius 1 is 1.35 bits per heavy atom. The van der Waals surface area contributed by atoms with Crippen LogP contribution in [0.4, 0.5) is 18.0 Å². The van der Waals surface area contributed by atoms with Crippen LogP contribution in [0.1, 0.15) is 19.8 Å². The van der Waals surface area contributed by atoms with Crippen molar-refractivity contribution in [3.8, 4) is 11.5 Å². The topological polar surface area (TPSA) is 50.8 Å². The molecule has 1 aromatic carbocycles. The van der Waals surface area contributed by atoms with Gasteiger partial charge in [0.05, 0.1) is 0 Å². The monoisotopic (exact) mass is 352 g/mol. The van der Waals surface area contributed by atoms with Gasteiger partial charge in [0.2, 0.25) is 0 Å². The third-order valence-corrected chi connectivity index (χ3v) is 3.49. The Kier molecular flexibility index (Phi) is 4.84. The van der Waals surface area contributed by atoms with E-state index in [1.807, 2.05) is 6.92 Å². The van der Waals surface area contributed by atoms with E-state index in [-0.39, 0.29) is 16.5 Å². The quantitative estimate of drug-likeness (QED) is 0.897. The van der Waals surface area contributed by atoms with Gasteiger partial charge in [-0.25, -0.2) is 4.79 Å². The average molecular weight is 353 g/mol. The van der Waals surface area contributed by atoms with Gasteiger partial charge >= 0.3 is 18.1 Å². The van der Waals surface area contributed by atoms with Crippen LogP contribution in [0.15, 0.2) is 18.2 Å². The summed E-state index contributed by atoms with van der Waals surface area (Å²) < 4.78 is 50.1. The van der Waals surface area contributed by atoms with Gasteiger partial charge in [0, 0.05) is 24.7 Å². The molecule has 1 aliphatic heterocycles. The standard InChI is InChI=1S/C14H16ClF3N2O3/c1-3-4-7-20(2)12(21)19-14(13(16,17)18)22-10-6-5-9(15)8-11(10)23-14/h5-6,8H,3-4,7H2,1-2H3,(H,19,21)/t14-/m0/s1. The van der Waals surface area contributed by atoms with Gasteiger partial charge in [-0.2, -0.15) is 13.2 Å². The Hall–Kier alpha value is -1.83. The minimum Gasteiger partial charge on any atom is -0.424 e. The van der Waals surface area contributed by atoms with Crippen LogP contribution in [0.3, 0.4) is 0 Å². The number of hydrogen-bond acceptors (Lipinski definition) is 3. The molecule has 1 atom stereocenters. The molecule has 0 fully saturated rings. The third kappa shape index (κ3) is 3.57. The molecule has 1 heterocycles. The second kappa shape index (κ2) is 6.35. The minimum atomic E-state index is -4.99. The van der Waals surface area contributed by atoms with Crippen LogP contribution in [0, 0.1) is 0 Å². The van der Waals surface area contributed by atoms with Crippen molar-refractivity contribution in [2.75, 3.05) is 13.6 Å². The fraction of sp³-hybridized carbons (Fsp3) is 0.500. The Balaban J connectivity index is 2.22. The van der Waals surface area contributed by atoms with Gasteiger partial charge in [0.1, 0.15) is 0 Å². The maximum atomic E-state index is 13.4. The second-order valence-electron chi connectivity index (χ2n) is 5.11. The molecule has 1 aliphatic rings. The number of ether oxygens (including phenoxy) is 2. The molecule has 9 heteroatoms. The van der Waals surface area contributed by atoms with Gasteiger partial charge in [-0.3, -0.25) is 5.32 Å². The predicted molar refractivity (Wildman–Crippen MR) is 77.6 cm³/mol. The highest BCUT2D eigenvalue weighted by molar-refractivity contribution is 6.30. The van der Waals surface area contributed by atoms with E-state index in [0.717, 1.165) is 11.3 Å². The van der Waals surface area contributed by atoms with Crippen LogP contribution in [-0.4, -0.2) is 36.6 Å². The first kappa shape index (κ1) is 17.5. The average Bonchev–Trinajstić information content (AvgIpc) is 2.82. The molecule has 0 saturated carbocycles. The number of nitrogens with one attached hydrogen (secondary N) is 1. The van der Waals surface area contributed by atoms with E-state index in [4.69, 9.17) is 21.1 Å². The maximum Gasteiger partial charge on any atom is 0.492 e. The van der Waals surface area contributed by atoms with E-state index >= 15 is 0 Å². The highest BCUT2D eigenvalue weighted by Gasteiger charge is 2.66. The summed E-state index contributed by atoms with van der Waals surface area (Å²) in [6, 6.07) is 2.86. The van der Waals surface area contributed by atoms with Gasteiger partial charge in [-0.15, -0.1) is 0 Å². The molecule has 0 radical (unpaired) electrons. The summed E-state index contributed by atoms with van der Waals surface area (Å²) in [4.78, 5) is 13.1. The first-order chi connectivity index (χ1) is 10.7. The van der Waals surface area contributed by atoms with Crippen molar-refractivity contribution in [2.45, 2.75) is 31.9 Å². The molecule has 0 bridgehead atoms. The first-order valence-electron chi connectivity index (χ1n) is 6.96. The van der Waals surface area contributed by atoms with E-state index in [9.17, 15) is 18.0 Å². The first-order valence-corrected chi connectivity index (χ1v) is 7.34. The van der Waals surface area contributed by atoms with E-state index in [0.29, 0.717) is 13.0 Å². The van der Waals surface area contributed by atoms with Gasteiger partial charge in [0.25, 0.3) is 0 Å². The molecule has 0 unspecified atom stereocenters. The van der Waals surface area contributed by atoms with Crippen molar-refractivity contribution in [3.63, 3.8) is 0 Å². The number of hydrogen-bond donors (Lipinski definition) is 1. The van der Waals surface area contributed by atoms with Crippen LogP contribution >= 0.6 is 11.6 Å². The lowest BCUT2D eigenvalue weighted by Crippen LogP contribution is -2.66. The van der Waals surface area contributed by atoms with Crippen molar-refractivity contribution >= 4 is 17.6 Å². The van der Waals surface area contributed by atoms with E-state index in [1.165, 1.54) is 25.2 Å². The number of benzene rings is 1. The molecule has 128 valence electrons. The number of fused-ring (bicyclic) bond motifs is 1. The van der Waals surface area contributed by atoms with E-state index < -0.39 is 18.1 Å². The minimum absolute atomic E-state index is 0.150. The predicted octanol–water partition coefficient (Wildman–Crippen LogP) is 3.77. The van der Waals surface area contributed by atoms with E-state index in [2.05, 4.69) is 0 Å². The zero-order chi connectivity index (χ0) is 17.3. The molecule has 0 saturated heterocycles. The summed E-state index contributed by atoms with van der Waals surface area (Å²) in [5.74, 6) is -3.60. The number of urea groups is 1. The summed E-state index contributed by atoms with van der Waals surface area (Å²) in [6.45, 7) is 2.22. The number of carbonyl (C=O) groups is 1. The summed E-state index contributed by atoms with van der Waals surface area (Å²) in [7, 11) is 1.40. The molecule has 2 rings (SSSR count). The molecular formula is C14H16ClF3N2O3. The van der Waals surface area contributed by atoms with Gasteiger partial charge in [0.15, 0.2) is 11.5 Å². The molecule has 0 spiro atoms. The number of rotatable bonds is 4. The van der Waals surface area contributed by atoms with Gasteiger partial charge in [-0.1, -0.05) is 24.9 Å².